The number of halogens is 2. The highest BCUT2D eigenvalue weighted by Crippen LogP contribution is 2.46. The third kappa shape index (κ3) is 2.82. The standard InChI is InChI=1S/C18H16BrFOS/c1-11-16(9-12-3-6-14(7-4-12)22(2)21)15-8-5-13(20)10-17(15)18(11)19/h3-8,10,16H,9H2,1-2H3. The Balaban J connectivity index is 1.92. The van der Waals surface area contributed by atoms with Crippen LogP contribution in [-0.4, -0.2) is 10.5 Å². The Bertz CT molecular complexity index is 780. The van der Waals surface area contributed by atoms with Crippen molar-refractivity contribution in [1.29, 1.82) is 0 Å². The molecule has 0 bridgehead atoms. The molecule has 0 fully saturated rings. The van der Waals surface area contributed by atoms with E-state index in [4.69, 9.17) is 0 Å². The van der Waals surface area contributed by atoms with Gasteiger partial charge in [0.25, 0.3) is 0 Å². The summed E-state index contributed by atoms with van der Waals surface area (Å²) in [5, 5.41) is 0. The molecule has 0 aliphatic heterocycles. The lowest BCUT2D eigenvalue weighted by molar-refractivity contribution is 0.626. The topological polar surface area (TPSA) is 17.1 Å². The lowest BCUT2D eigenvalue weighted by Gasteiger charge is -2.14. The van der Waals surface area contributed by atoms with Crippen molar-refractivity contribution in [2.45, 2.75) is 24.2 Å². The van der Waals surface area contributed by atoms with E-state index < -0.39 is 10.8 Å². The number of hydrogen-bond donors (Lipinski definition) is 0. The number of rotatable bonds is 3. The first-order valence-corrected chi connectivity index (χ1v) is 9.41. The van der Waals surface area contributed by atoms with Crippen molar-refractivity contribution in [2.75, 3.05) is 6.26 Å². The first-order valence-electron chi connectivity index (χ1n) is 7.06. The van der Waals surface area contributed by atoms with Crippen molar-refractivity contribution in [3.63, 3.8) is 0 Å². The first-order chi connectivity index (χ1) is 10.5. The van der Waals surface area contributed by atoms with Gasteiger partial charge in [0.05, 0.1) is 0 Å². The Morgan fingerprint density at radius 2 is 1.86 bits per heavy atom. The molecular weight excluding hydrogens is 363 g/mol. The highest BCUT2D eigenvalue weighted by molar-refractivity contribution is 9.15. The lowest BCUT2D eigenvalue weighted by atomic mass is 9.90. The average Bonchev–Trinajstić information content (AvgIpc) is 2.73. The SMILES string of the molecule is CC1=C(Br)c2cc(F)ccc2C1Cc1ccc(S(C)=O)cc1. The zero-order chi connectivity index (χ0) is 15.9. The predicted octanol–water partition coefficient (Wildman–Crippen LogP) is 5.03. The van der Waals surface area contributed by atoms with E-state index in [1.54, 1.807) is 12.3 Å². The number of fused-ring (bicyclic) bond motifs is 1. The molecule has 0 saturated heterocycles. The number of allylic oxidation sites excluding steroid dienone is 1. The smallest absolute Gasteiger partial charge is 0.123 e. The van der Waals surface area contributed by atoms with Crippen molar-refractivity contribution in [1.82, 2.24) is 0 Å². The predicted molar refractivity (Wildman–Crippen MR) is 93.1 cm³/mol. The van der Waals surface area contributed by atoms with Crippen LogP contribution >= 0.6 is 15.9 Å². The molecule has 2 atom stereocenters. The second-order valence-corrected chi connectivity index (χ2v) is 7.76. The lowest BCUT2D eigenvalue weighted by Crippen LogP contribution is -2.02. The van der Waals surface area contributed by atoms with Crippen LogP contribution in [0.1, 0.15) is 29.5 Å². The molecule has 0 aromatic heterocycles. The molecule has 0 N–H and O–H groups in total. The summed E-state index contributed by atoms with van der Waals surface area (Å²) >= 11 is 3.59. The summed E-state index contributed by atoms with van der Waals surface area (Å²) in [6, 6.07) is 12.9. The van der Waals surface area contributed by atoms with Crippen molar-refractivity contribution < 1.29 is 8.60 Å². The molecule has 1 aliphatic carbocycles. The Hall–Kier alpha value is -1.26. The summed E-state index contributed by atoms with van der Waals surface area (Å²) in [7, 11) is -0.951. The number of benzene rings is 2. The normalized spacial score (nSPS) is 18.5. The molecule has 0 saturated carbocycles. The number of hydrogen-bond acceptors (Lipinski definition) is 1. The van der Waals surface area contributed by atoms with Crippen molar-refractivity contribution in [3.05, 3.63) is 70.5 Å². The summed E-state index contributed by atoms with van der Waals surface area (Å²) < 4.78 is 25.9. The van der Waals surface area contributed by atoms with E-state index in [0.717, 1.165) is 26.9 Å². The van der Waals surface area contributed by atoms with Crippen molar-refractivity contribution in [2.24, 2.45) is 0 Å². The summed E-state index contributed by atoms with van der Waals surface area (Å²) in [4.78, 5) is 0.839. The molecule has 22 heavy (non-hydrogen) atoms. The average molecular weight is 379 g/mol. The minimum Gasteiger partial charge on any atom is -0.255 e. The van der Waals surface area contributed by atoms with Crippen molar-refractivity contribution in [3.8, 4) is 0 Å². The molecule has 114 valence electrons. The maximum atomic E-state index is 13.5. The molecule has 0 radical (unpaired) electrons. The quantitative estimate of drug-likeness (QED) is 0.731. The van der Waals surface area contributed by atoms with Gasteiger partial charge in [-0.05, 0) is 54.3 Å². The molecule has 0 heterocycles. The molecule has 2 aromatic rings. The Kier molecular flexibility index (Phi) is 4.33. The molecule has 3 rings (SSSR count). The van der Waals surface area contributed by atoms with Gasteiger partial charge in [-0.1, -0.05) is 39.7 Å². The van der Waals surface area contributed by atoms with E-state index >= 15 is 0 Å². The zero-order valence-corrected chi connectivity index (χ0v) is 14.8. The van der Waals surface area contributed by atoms with E-state index in [1.165, 1.54) is 17.2 Å². The summed E-state index contributed by atoms with van der Waals surface area (Å²) in [5.41, 5.74) is 4.53. The van der Waals surface area contributed by atoms with Crippen LogP contribution in [0.15, 0.2) is 52.9 Å². The van der Waals surface area contributed by atoms with E-state index in [9.17, 15) is 8.60 Å². The maximum Gasteiger partial charge on any atom is 0.123 e. The second kappa shape index (κ2) is 6.09. The van der Waals surface area contributed by atoms with Crippen LogP contribution < -0.4 is 0 Å². The molecular formula is C18H16BrFOS. The van der Waals surface area contributed by atoms with Gasteiger partial charge in [0.15, 0.2) is 0 Å². The molecule has 2 aromatic carbocycles. The van der Waals surface area contributed by atoms with Gasteiger partial charge in [-0.2, -0.15) is 0 Å². The fraction of sp³-hybridized carbons (Fsp3) is 0.222. The van der Waals surface area contributed by atoms with Gasteiger partial charge in [-0.3, -0.25) is 4.21 Å². The third-order valence-corrected chi connectivity index (χ3v) is 6.18. The Morgan fingerprint density at radius 3 is 2.50 bits per heavy atom. The van der Waals surface area contributed by atoms with Crippen LogP contribution in [0.3, 0.4) is 0 Å². The van der Waals surface area contributed by atoms with Crippen LogP contribution in [0.2, 0.25) is 0 Å². The summed E-state index contributed by atoms with van der Waals surface area (Å²) in [5.74, 6) is 0.0434. The monoisotopic (exact) mass is 378 g/mol. The largest absolute Gasteiger partial charge is 0.255 e. The third-order valence-electron chi connectivity index (χ3n) is 4.19. The maximum absolute atomic E-state index is 13.5. The summed E-state index contributed by atoms with van der Waals surface area (Å²) in [6.07, 6.45) is 2.54. The molecule has 1 aliphatic rings. The van der Waals surface area contributed by atoms with Crippen LogP contribution in [0.5, 0.6) is 0 Å². The van der Waals surface area contributed by atoms with E-state index in [0.29, 0.717) is 0 Å². The zero-order valence-electron chi connectivity index (χ0n) is 12.4. The fourth-order valence-electron chi connectivity index (χ4n) is 2.94. The minimum atomic E-state index is -0.951. The molecule has 0 amide bonds. The molecule has 4 heteroatoms. The highest BCUT2D eigenvalue weighted by atomic mass is 79.9. The van der Waals surface area contributed by atoms with Gasteiger partial charge in [0.2, 0.25) is 0 Å². The molecule has 2 unspecified atom stereocenters. The second-order valence-electron chi connectivity index (χ2n) is 5.58. The van der Waals surface area contributed by atoms with E-state index in [2.05, 4.69) is 22.9 Å². The Labute approximate surface area is 140 Å². The minimum absolute atomic E-state index is 0.209. The van der Waals surface area contributed by atoms with Gasteiger partial charge in [0, 0.05) is 32.4 Å². The van der Waals surface area contributed by atoms with Crippen LogP contribution in [0, 0.1) is 5.82 Å². The first kappa shape index (κ1) is 15.6. The molecule has 1 nitrogen and oxygen atoms in total. The fourth-order valence-corrected chi connectivity index (χ4v) is 4.08. The highest BCUT2D eigenvalue weighted by Gasteiger charge is 2.27. The summed E-state index contributed by atoms with van der Waals surface area (Å²) in [6.45, 7) is 2.09. The van der Waals surface area contributed by atoms with Gasteiger partial charge in [-0.15, -0.1) is 0 Å². The van der Waals surface area contributed by atoms with Gasteiger partial charge < -0.3 is 0 Å². The van der Waals surface area contributed by atoms with E-state index in [1.807, 2.05) is 30.3 Å². The van der Waals surface area contributed by atoms with Gasteiger partial charge in [-0.25, -0.2) is 4.39 Å². The van der Waals surface area contributed by atoms with Crippen molar-refractivity contribution >= 4 is 31.2 Å². The van der Waals surface area contributed by atoms with Crippen LogP contribution in [-0.2, 0) is 17.2 Å². The molecule has 0 spiro atoms. The van der Waals surface area contributed by atoms with Gasteiger partial charge in [0.1, 0.15) is 5.82 Å². The Morgan fingerprint density at radius 1 is 1.18 bits per heavy atom. The van der Waals surface area contributed by atoms with Gasteiger partial charge >= 0.3 is 0 Å². The van der Waals surface area contributed by atoms with Crippen LogP contribution in [0.25, 0.3) is 4.48 Å². The van der Waals surface area contributed by atoms with E-state index in [-0.39, 0.29) is 11.7 Å². The van der Waals surface area contributed by atoms with Crippen LogP contribution in [0.4, 0.5) is 4.39 Å².